The van der Waals surface area contributed by atoms with Crippen molar-refractivity contribution in [1.82, 2.24) is 14.9 Å². The van der Waals surface area contributed by atoms with Gasteiger partial charge < -0.3 is 9.88 Å². The van der Waals surface area contributed by atoms with E-state index in [0.717, 1.165) is 29.8 Å². The van der Waals surface area contributed by atoms with Crippen LogP contribution in [0.15, 0.2) is 23.1 Å². The summed E-state index contributed by atoms with van der Waals surface area (Å²) in [6.45, 7) is 0.917. The molecule has 0 spiro atoms. The maximum atomic E-state index is 11.6. The minimum absolute atomic E-state index is 0.325. The van der Waals surface area contributed by atoms with E-state index >= 15 is 0 Å². The van der Waals surface area contributed by atoms with Crippen molar-refractivity contribution in [2.24, 2.45) is 7.05 Å². The van der Waals surface area contributed by atoms with Crippen LogP contribution < -0.4 is 5.32 Å². The Labute approximate surface area is 118 Å². The molecule has 0 atom stereocenters. The molecule has 2 aromatic rings. The van der Waals surface area contributed by atoms with Gasteiger partial charge in [-0.25, -0.2) is 13.4 Å². The number of nitrogens with zero attached hydrogens (tertiary/aromatic N) is 2. The third kappa shape index (κ3) is 2.71. The number of fused-ring (bicyclic) bond motifs is 1. The minimum atomic E-state index is -3.18. The van der Waals surface area contributed by atoms with Crippen LogP contribution in [0.5, 0.6) is 0 Å². The van der Waals surface area contributed by atoms with Gasteiger partial charge in [-0.15, -0.1) is 0 Å². The lowest BCUT2D eigenvalue weighted by atomic mass is 10.3. The molecule has 0 amide bonds. The summed E-state index contributed by atoms with van der Waals surface area (Å²) in [5.74, 6) is 0.985. The topological polar surface area (TPSA) is 64.0 Å². The van der Waals surface area contributed by atoms with Crippen LogP contribution in [0.4, 0.5) is 0 Å². The van der Waals surface area contributed by atoms with Crippen molar-refractivity contribution >= 4 is 20.9 Å². The Balaban J connectivity index is 1.87. The smallest absolute Gasteiger partial charge is 0.175 e. The first-order valence-electron chi connectivity index (χ1n) is 6.84. The Kier molecular flexibility index (Phi) is 3.30. The standard InChI is InChI=1S/C14H19N3O2S/c1-17-13-6-5-11(20(2,18)19)9-12(13)16-14(17)7-8-15-10-3-4-10/h5-6,9-10,15H,3-4,7-8H2,1-2H3. The molecule has 1 aromatic heterocycles. The maximum Gasteiger partial charge on any atom is 0.175 e. The van der Waals surface area contributed by atoms with E-state index in [1.54, 1.807) is 12.1 Å². The second-order valence-corrected chi connectivity index (χ2v) is 7.50. The third-order valence-corrected chi connectivity index (χ3v) is 4.84. The lowest BCUT2D eigenvalue weighted by Gasteiger charge is -2.03. The van der Waals surface area contributed by atoms with Gasteiger partial charge in [0.1, 0.15) is 5.82 Å². The zero-order chi connectivity index (χ0) is 14.3. The van der Waals surface area contributed by atoms with E-state index < -0.39 is 9.84 Å². The molecule has 108 valence electrons. The summed E-state index contributed by atoms with van der Waals surface area (Å²) in [6.07, 6.45) is 4.63. The fourth-order valence-electron chi connectivity index (χ4n) is 2.36. The van der Waals surface area contributed by atoms with Crippen LogP contribution in [0.2, 0.25) is 0 Å². The van der Waals surface area contributed by atoms with Gasteiger partial charge in [-0.1, -0.05) is 0 Å². The molecule has 20 heavy (non-hydrogen) atoms. The van der Waals surface area contributed by atoms with Gasteiger partial charge in [0.2, 0.25) is 0 Å². The quantitative estimate of drug-likeness (QED) is 0.902. The van der Waals surface area contributed by atoms with E-state index in [-0.39, 0.29) is 0 Å². The summed E-state index contributed by atoms with van der Waals surface area (Å²) in [7, 11) is -1.21. The molecule has 1 aliphatic carbocycles. The van der Waals surface area contributed by atoms with E-state index in [4.69, 9.17) is 0 Å². The van der Waals surface area contributed by atoms with Crippen molar-refractivity contribution in [2.75, 3.05) is 12.8 Å². The fourth-order valence-corrected chi connectivity index (χ4v) is 3.00. The van der Waals surface area contributed by atoms with Crippen LogP contribution >= 0.6 is 0 Å². The van der Waals surface area contributed by atoms with Crippen LogP contribution in [-0.4, -0.2) is 36.8 Å². The first-order chi connectivity index (χ1) is 9.45. The molecule has 1 saturated carbocycles. The lowest BCUT2D eigenvalue weighted by molar-refractivity contribution is 0.602. The number of benzene rings is 1. The molecule has 0 saturated heterocycles. The highest BCUT2D eigenvalue weighted by molar-refractivity contribution is 7.90. The molecule has 0 bridgehead atoms. The molecule has 0 aliphatic heterocycles. The number of sulfone groups is 1. The molecule has 1 N–H and O–H groups in total. The Morgan fingerprint density at radius 2 is 2.15 bits per heavy atom. The van der Waals surface area contributed by atoms with Crippen molar-refractivity contribution in [2.45, 2.75) is 30.2 Å². The van der Waals surface area contributed by atoms with Crippen LogP contribution in [-0.2, 0) is 23.3 Å². The van der Waals surface area contributed by atoms with Crippen LogP contribution in [0.25, 0.3) is 11.0 Å². The highest BCUT2D eigenvalue weighted by Crippen LogP contribution is 2.21. The van der Waals surface area contributed by atoms with E-state index in [2.05, 4.69) is 10.3 Å². The first-order valence-corrected chi connectivity index (χ1v) is 8.73. The van der Waals surface area contributed by atoms with E-state index in [0.29, 0.717) is 10.9 Å². The Bertz CT molecular complexity index is 745. The summed E-state index contributed by atoms with van der Waals surface area (Å²) in [5, 5.41) is 3.46. The maximum absolute atomic E-state index is 11.6. The first kappa shape index (κ1) is 13.6. The van der Waals surface area contributed by atoms with Gasteiger partial charge in [-0.05, 0) is 31.0 Å². The molecular formula is C14H19N3O2S. The number of hydrogen-bond acceptors (Lipinski definition) is 4. The molecule has 6 heteroatoms. The van der Waals surface area contributed by atoms with Crippen molar-refractivity contribution in [1.29, 1.82) is 0 Å². The van der Waals surface area contributed by atoms with Crippen LogP contribution in [0.3, 0.4) is 0 Å². The van der Waals surface area contributed by atoms with Crippen LogP contribution in [0, 0.1) is 0 Å². The van der Waals surface area contributed by atoms with E-state index in [1.165, 1.54) is 19.1 Å². The summed E-state index contributed by atoms with van der Waals surface area (Å²) in [4.78, 5) is 4.89. The molecule has 0 radical (unpaired) electrons. The monoisotopic (exact) mass is 293 g/mol. The predicted molar refractivity (Wildman–Crippen MR) is 78.6 cm³/mol. The number of aromatic nitrogens is 2. The van der Waals surface area contributed by atoms with E-state index in [9.17, 15) is 8.42 Å². The highest BCUT2D eigenvalue weighted by Gasteiger charge is 2.20. The molecule has 1 heterocycles. The normalized spacial score (nSPS) is 15.9. The largest absolute Gasteiger partial charge is 0.331 e. The van der Waals surface area contributed by atoms with Crippen LogP contribution in [0.1, 0.15) is 18.7 Å². The average Bonchev–Trinajstić information content (AvgIpc) is 3.14. The van der Waals surface area contributed by atoms with Crippen molar-refractivity contribution in [3.63, 3.8) is 0 Å². The lowest BCUT2D eigenvalue weighted by Crippen LogP contribution is -2.20. The summed E-state index contributed by atoms with van der Waals surface area (Å²) in [6, 6.07) is 5.83. The molecular weight excluding hydrogens is 274 g/mol. The van der Waals surface area contributed by atoms with Gasteiger partial charge in [-0.2, -0.15) is 0 Å². The summed E-state index contributed by atoms with van der Waals surface area (Å²) < 4.78 is 25.2. The van der Waals surface area contributed by atoms with Gasteiger partial charge in [0.25, 0.3) is 0 Å². The molecule has 1 fully saturated rings. The molecule has 5 nitrogen and oxygen atoms in total. The fraction of sp³-hybridized carbons (Fsp3) is 0.500. The van der Waals surface area contributed by atoms with Gasteiger partial charge >= 0.3 is 0 Å². The molecule has 3 rings (SSSR count). The summed E-state index contributed by atoms with van der Waals surface area (Å²) >= 11 is 0. The Morgan fingerprint density at radius 3 is 2.80 bits per heavy atom. The van der Waals surface area contributed by atoms with Gasteiger partial charge in [-0.3, -0.25) is 0 Å². The molecule has 0 unspecified atom stereocenters. The number of hydrogen-bond donors (Lipinski definition) is 1. The Morgan fingerprint density at radius 1 is 1.40 bits per heavy atom. The third-order valence-electron chi connectivity index (χ3n) is 3.73. The van der Waals surface area contributed by atoms with Crippen molar-refractivity contribution < 1.29 is 8.42 Å². The summed E-state index contributed by atoms with van der Waals surface area (Å²) in [5.41, 5.74) is 1.72. The average molecular weight is 293 g/mol. The molecule has 1 aromatic carbocycles. The number of nitrogens with one attached hydrogen (secondary N) is 1. The van der Waals surface area contributed by atoms with Gasteiger partial charge in [0.15, 0.2) is 9.84 Å². The molecule has 1 aliphatic rings. The SMILES string of the molecule is Cn1c(CCNC2CC2)nc2cc(S(C)(=O)=O)ccc21. The number of imidazole rings is 1. The predicted octanol–water partition coefficient (Wildman–Crippen LogP) is 1.27. The van der Waals surface area contributed by atoms with Gasteiger partial charge in [0, 0.05) is 32.3 Å². The Hall–Kier alpha value is -1.40. The van der Waals surface area contributed by atoms with E-state index in [1.807, 2.05) is 17.7 Å². The zero-order valence-corrected chi connectivity index (χ0v) is 12.6. The number of rotatable bonds is 5. The zero-order valence-electron chi connectivity index (χ0n) is 11.8. The highest BCUT2D eigenvalue weighted by atomic mass is 32.2. The minimum Gasteiger partial charge on any atom is -0.331 e. The number of aryl methyl sites for hydroxylation is 1. The second kappa shape index (κ2) is 4.86. The van der Waals surface area contributed by atoms with Crippen molar-refractivity contribution in [3.05, 3.63) is 24.0 Å². The van der Waals surface area contributed by atoms with Gasteiger partial charge in [0.05, 0.1) is 15.9 Å². The van der Waals surface area contributed by atoms with Crippen molar-refractivity contribution in [3.8, 4) is 0 Å². The second-order valence-electron chi connectivity index (χ2n) is 5.49.